The molecule has 1 heterocycles. The average Bonchev–Trinajstić information content (AvgIpc) is 2.40. The fourth-order valence-electron chi connectivity index (χ4n) is 1.79. The topological polar surface area (TPSA) is 25.2 Å². The molecule has 1 N–H and O–H groups in total. The van der Waals surface area contributed by atoms with E-state index < -0.39 is 12.7 Å². The number of aryl methyl sites for hydroxylation is 1. The van der Waals surface area contributed by atoms with Crippen LogP contribution < -0.4 is 0 Å². The van der Waals surface area contributed by atoms with Crippen molar-refractivity contribution in [3.63, 3.8) is 0 Å². The van der Waals surface area contributed by atoms with Gasteiger partial charge < -0.3 is 9.67 Å². The van der Waals surface area contributed by atoms with Gasteiger partial charge >= 0.3 is 6.18 Å². The SMILES string of the molecule is Cc1cc2cc(O)ccc2n1CC(F)(F)F. The third-order valence-electron chi connectivity index (χ3n) is 2.43. The predicted molar refractivity (Wildman–Crippen MR) is 54.4 cm³/mol. The van der Waals surface area contributed by atoms with Crippen LogP contribution in [0.25, 0.3) is 10.9 Å². The summed E-state index contributed by atoms with van der Waals surface area (Å²) in [5.41, 5.74) is 1.01. The molecule has 0 saturated carbocycles. The predicted octanol–water partition coefficient (Wildman–Crippen LogP) is 3.22. The lowest BCUT2D eigenvalue weighted by molar-refractivity contribution is -0.140. The van der Waals surface area contributed by atoms with Gasteiger partial charge in [0.2, 0.25) is 0 Å². The number of alkyl halides is 3. The number of nitrogens with zero attached hydrogens (tertiary/aromatic N) is 1. The smallest absolute Gasteiger partial charge is 0.406 e. The van der Waals surface area contributed by atoms with Crippen molar-refractivity contribution in [2.24, 2.45) is 0 Å². The molecular weight excluding hydrogens is 219 g/mol. The number of hydrogen-bond acceptors (Lipinski definition) is 1. The summed E-state index contributed by atoms with van der Waals surface area (Å²) < 4.78 is 38.2. The van der Waals surface area contributed by atoms with E-state index in [4.69, 9.17) is 0 Å². The maximum atomic E-state index is 12.3. The molecule has 1 aromatic carbocycles. The van der Waals surface area contributed by atoms with Crippen LogP contribution in [0, 0.1) is 6.92 Å². The van der Waals surface area contributed by atoms with Crippen LogP contribution in [0.5, 0.6) is 5.75 Å². The number of phenolic OH excluding ortho intramolecular Hbond substituents is 1. The molecular formula is C11H10F3NO. The lowest BCUT2D eigenvalue weighted by Crippen LogP contribution is -2.18. The molecule has 0 aliphatic rings. The van der Waals surface area contributed by atoms with Gasteiger partial charge in [0.15, 0.2) is 0 Å². The number of benzene rings is 1. The molecule has 5 heteroatoms. The number of halogens is 3. The third kappa shape index (κ3) is 1.98. The summed E-state index contributed by atoms with van der Waals surface area (Å²) in [7, 11) is 0. The van der Waals surface area contributed by atoms with Gasteiger partial charge in [0.1, 0.15) is 12.3 Å². The van der Waals surface area contributed by atoms with E-state index in [9.17, 15) is 18.3 Å². The molecule has 0 amide bonds. The summed E-state index contributed by atoms with van der Waals surface area (Å²) in [6, 6.07) is 5.95. The molecule has 86 valence electrons. The molecule has 16 heavy (non-hydrogen) atoms. The molecule has 0 aliphatic heterocycles. The molecule has 0 spiro atoms. The Kier molecular flexibility index (Phi) is 2.33. The zero-order valence-corrected chi connectivity index (χ0v) is 8.54. The molecule has 0 aliphatic carbocycles. The Morgan fingerprint density at radius 3 is 2.56 bits per heavy atom. The number of hydrogen-bond donors (Lipinski definition) is 1. The zero-order chi connectivity index (χ0) is 11.9. The van der Waals surface area contributed by atoms with Gasteiger partial charge in [-0.2, -0.15) is 13.2 Å². The van der Waals surface area contributed by atoms with Crippen molar-refractivity contribution in [3.8, 4) is 5.75 Å². The van der Waals surface area contributed by atoms with Gasteiger partial charge in [-0.25, -0.2) is 0 Å². The van der Waals surface area contributed by atoms with Crippen LogP contribution in [0.2, 0.25) is 0 Å². The Morgan fingerprint density at radius 2 is 1.94 bits per heavy atom. The summed E-state index contributed by atoms with van der Waals surface area (Å²) in [4.78, 5) is 0. The highest BCUT2D eigenvalue weighted by atomic mass is 19.4. The molecule has 1 aromatic heterocycles. The van der Waals surface area contributed by atoms with Crippen molar-refractivity contribution in [1.82, 2.24) is 4.57 Å². The molecule has 0 unspecified atom stereocenters. The fraction of sp³-hybridized carbons (Fsp3) is 0.273. The highest BCUT2D eigenvalue weighted by Crippen LogP contribution is 2.27. The number of aromatic nitrogens is 1. The van der Waals surface area contributed by atoms with Crippen molar-refractivity contribution >= 4 is 10.9 Å². The molecule has 2 nitrogen and oxygen atoms in total. The van der Waals surface area contributed by atoms with Gasteiger partial charge in [0.25, 0.3) is 0 Å². The quantitative estimate of drug-likeness (QED) is 0.798. The van der Waals surface area contributed by atoms with Crippen LogP contribution >= 0.6 is 0 Å². The van der Waals surface area contributed by atoms with E-state index in [2.05, 4.69) is 0 Å². The second-order valence-corrected chi connectivity index (χ2v) is 3.73. The highest BCUT2D eigenvalue weighted by Gasteiger charge is 2.29. The number of rotatable bonds is 1. The van der Waals surface area contributed by atoms with Crippen LogP contribution in [0.3, 0.4) is 0 Å². The average molecular weight is 229 g/mol. The number of fused-ring (bicyclic) bond motifs is 1. The Labute approximate surface area is 89.9 Å². The van der Waals surface area contributed by atoms with E-state index in [-0.39, 0.29) is 5.75 Å². The Balaban J connectivity index is 2.56. The highest BCUT2D eigenvalue weighted by molar-refractivity contribution is 5.82. The van der Waals surface area contributed by atoms with Gasteiger partial charge in [-0.15, -0.1) is 0 Å². The van der Waals surface area contributed by atoms with E-state index in [0.29, 0.717) is 16.6 Å². The van der Waals surface area contributed by atoms with Crippen molar-refractivity contribution in [1.29, 1.82) is 0 Å². The standard InChI is InChI=1S/C11H10F3NO/c1-7-4-8-5-9(16)2-3-10(8)15(7)6-11(12,13)14/h2-5,16H,6H2,1H3. The minimum Gasteiger partial charge on any atom is -0.508 e. The second-order valence-electron chi connectivity index (χ2n) is 3.73. The summed E-state index contributed by atoms with van der Waals surface area (Å²) in [5.74, 6) is 0.0525. The van der Waals surface area contributed by atoms with Gasteiger partial charge in [-0.3, -0.25) is 0 Å². The maximum absolute atomic E-state index is 12.3. The molecule has 0 atom stereocenters. The molecule has 0 fully saturated rings. The normalized spacial score (nSPS) is 12.2. The monoisotopic (exact) mass is 229 g/mol. The van der Waals surface area contributed by atoms with E-state index >= 15 is 0 Å². The summed E-state index contributed by atoms with van der Waals surface area (Å²) in [6.07, 6.45) is -4.24. The summed E-state index contributed by atoms with van der Waals surface area (Å²) >= 11 is 0. The zero-order valence-electron chi connectivity index (χ0n) is 8.54. The van der Waals surface area contributed by atoms with Gasteiger partial charge in [0.05, 0.1) is 0 Å². The Bertz CT molecular complexity index is 528. The van der Waals surface area contributed by atoms with E-state index in [1.165, 1.54) is 22.8 Å². The first-order valence-electron chi connectivity index (χ1n) is 4.72. The van der Waals surface area contributed by atoms with Gasteiger partial charge in [0, 0.05) is 16.6 Å². The number of phenols is 1. The molecule has 0 saturated heterocycles. The molecule has 2 rings (SSSR count). The first-order valence-corrected chi connectivity index (χ1v) is 4.72. The van der Waals surface area contributed by atoms with E-state index in [1.807, 2.05) is 0 Å². The van der Waals surface area contributed by atoms with Gasteiger partial charge in [-0.05, 0) is 31.2 Å². The summed E-state index contributed by atoms with van der Waals surface area (Å²) in [6.45, 7) is 0.607. The fourth-order valence-corrected chi connectivity index (χ4v) is 1.79. The van der Waals surface area contributed by atoms with Crippen molar-refractivity contribution in [2.75, 3.05) is 0 Å². The lowest BCUT2D eigenvalue weighted by Gasteiger charge is -2.11. The second kappa shape index (κ2) is 3.43. The van der Waals surface area contributed by atoms with Crippen LogP contribution in [-0.4, -0.2) is 15.8 Å². The summed E-state index contributed by atoms with van der Waals surface area (Å²) in [5, 5.41) is 9.84. The van der Waals surface area contributed by atoms with Crippen molar-refractivity contribution in [2.45, 2.75) is 19.6 Å². The minimum atomic E-state index is -4.24. The maximum Gasteiger partial charge on any atom is 0.406 e. The molecule has 2 aromatic rings. The molecule has 0 radical (unpaired) electrons. The number of aromatic hydroxyl groups is 1. The van der Waals surface area contributed by atoms with Crippen molar-refractivity contribution < 1.29 is 18.3 Å². The lowest BCUT2D eigenvalue weighted by atomic mass is 10.2. The van der Waals surface area contributed by atoms with Crippen LogP contribution in [0.15, 0.2) is 24.3 Å². The van der Waals surface area contributed by atoms with Crippen LogP contribution in [0.4, 0.5) is 13.2 Å². The van der Waals surface area contributed by atoms with E-state index in [1.54, 1.807) is 13.0 Å². The van der Waals surface area contributed by atoms with Crippen LogP contribution in [0.1, 0.15) is 5.69 Å². The first-order chi connectivity index (χ1) is 7.37. The van der Waals surface area contributed by atoms with Crippen LogP contribution in [-0.2, 0) is 6.54 Å². The first kappa shape index (κ1) is 10.9. The molecule has 0 bridgehead atoms. The van der Waals surface area contributed by atoms with Crippen molar-refractivity contribution in [3.05, 3.63) is 30.0 Å². The largest absolute Gasteiger partial charge is 0.508 e. The Hall–Kier alpha value is -1.65. The Morgan fingerprint density at radius 1 is 1.25 bits per heavy atom. The minimum absolute atomic E-state index is 0.0525. The van der Waals surface area contributed by atoms with E-state index in [0.717, 1.165) is 0 Å². The van der Waals surface area contributed by atoms with Gasteiger partial charge in [-0.1, -0.05) is 0 Å². The third-order valence-corrected chi connectivity index (χ3v) is 2.43.